The van der Waals surface area contributed by atoms with Crippen LogP contribution < -0.4 is 10.5 Å². The third kappa shape index (κ3) is 5.18. The van der Waals surface area contributed by atoms with Crippen molar-refractivity contribution >= 4 is 5.82 Å². The first-order valence-electron chi connectivity index (χ1n) is 9.78. The minimum Gasteiger partial charge on any atom is -0.402 e. The summed E-state index contributed by atoms with van der Waals surface area (Å²) >= 11 is 0. The first-order chi connectivity index (χ1) is 13.9. The molecular formula is C19H24F3N5O2. The number of pyridine rings is 1. The average Bonchev–Trinajstić information content (AvgIpc) is 3.43. The fourth-order valence-electron chi connectivity index (χ4n) is 3.51. The van der Waals surface area contributed by atoms with Gasteiger partial charge in [0.1, 0.15) is 5.82 Å². The summed E-state index contributed by atoms with van der Waals surface area (Å²) in [6.45, 7) is 5.23. The van der Waals surface area contributed by atoms with E-state index in [1.165, 1.54) is 12.3 Å². The molecule has 1 saturated carbocycles. The molecule has 3 heterocycles. The highest BCUT2D eigenvalue weighted by atomic mass is 19.4. The number of hydrogen-bond donors (Lipinski definition) is 1. The van der Waals surface area contributed by atoms with Crippen LogP contribution in [0.1, 0.15) is 31.0 Å². The maximum absolute atomic E-state index is 12.6. The molecule has 2 N–H and O–H groups in total. The van der Waals surface area contributed by atoms with E-state index in [1.807, 2.05) is 6.20 Å². The van der Waals surface area contributed by atoms with E-state index in [-0.39, 0.29) is 5.82 Å². The Morgan fingerprint density at radius 3 is 2.66 bits per heavy atom. The van der Waals surface area contributed by atoms with Gasteiger partial charge in [-0.15, -0.1) is 13.2 Å². The van der Waals surface area contributed by atoms with Crippen LogP contribution in [0.3, 0.4) is 0 Å². The number of aryl methyl sites for hydroxylation is 1. The van der Waals surface area contributed by atoms with Crippen LogP contribution in [0, 0.1) is 0 Å². The van der Waals surface area contributed by atoms with Gasteiger partial charge in [0.2, 0.25) is 0 Å². The van der Waals surface area contributed by atoms with Crippen LogP contribution in [-0.2, 0) is 11.3 Å². The Hall–Kier alpha value is -2.33. The monoisotopic (exact) mass is 411 g/mol. The molecule has 2 aliphatic rings. The predicted octanol–water partition coefficient (Wildman–Crippen LogP) is 3.03. The first kappa shape index (κ1) is 20.0. The molecule has 0 amide bonds. The fourth-order valence-corrected chi connectivity index (χ4v) is 3.51. The molecule has 0 bridgehead atoms. The van der Waals surface area contributed by atoms with E-state index in [9.17, 15) is 13.2 Å². The van der Waals surface area contributed by atoms with Crippen LogP contribution in [0.5, 0.6) is 5.75 Å². The van der Waals surface area contributed by atoms with Gasteiger partial charge in [-0.05, 0) is 25.3 Å². The molecule has 0 atom stereocenters. The molecule has 158 valence electrons. The van der Waals surface area contributed by atoms with Crippen molar-refractivity contribution in [2.75, 3.05) is 38.6 Å². The van der Waals surface area contributed by atoms with Gasteiger partial charge >= 0.3 is 6.36 Å². The third-order valence-corrected chi connectivity index (χ3v) is 5.13. The number of halogens is 3. The Kier molecular flexibility index (Phi) is 5.64. The summed E-state index contributed by atoms with van der Waals surface area (Å²) in [7, 11) is 0. The van der Waals surface area contributed by atoms with Crippen molar-refractivity contribution in [3.63, 3.8) is 0 Å². The molecule has 1 saturated heterocycles. The highest BCUT2D eigenvalue weighted by molar-refractivity contribution is 5.63. The van der Waals surface area contributed by atoms with Gasteiger partial charge in [-0.25, -0.2) is 9.97 Å². The number of nitrogens with two attached hydrogens (primary N) is 1. The molecule has 29 heavy (non-hydrogen) atoms. The number of nitrogen functional groups attached to an aromatic ring is 1. The number of aromatic nitrogens is 3. The molecule has 10 heteroatoms. The van der Waals surface area contributed by atoms with Gasteiger partial charge in [0.05, 0.1) is 18.9 Å². The van der Waals surface area contributed by atoms with Crippen LogP contribution in [0.2, 0.25) is 0 Å². The summed E-state index contributed by atoms with van der Waals surface area (Å²) in [4.78, 5) is 10.9. The molecule has 0 unspecified atom stereocenters. The van der Waals surface area contributed by atoms with Crippen LogP contribution in [-0.4, -0.2) is 58.6 Å². The van der Waals surface area contributed by atoms with Crippen molar-refractivity contribution in [2.45, 2.75) is 38.1 Å². The zero-order chi connectivity index (χ0) is 20.4. The Morgan fingerprint density at radius 2 is 1.97 bits per heavy atom. The lowest BCUT2D eigenvalue weighted by molar-refractivity contribution is -0.274. The van der Waals surface area contributed by atoms with Gasteiger partial charge in [0.15, 0.2) is 11.6 Å². The highest BCUT2D eigenvalue weighted by Crippen LogP contribution is 2.41. The van der Waals surface area contributed by atoms with E-state index in [1.54, 1.807) is 0 Å². The number of alkyl halides is 3. The normalized spacial score (nSPS) is 18.2. The first-order valence-corrected chi connectivity index (χ1v) is 9.78. The Balaban J connectivity index is 1.49. The number of ether oxygens (including phenoxy) is 2. The van der Waals surface area contributed by atoms with Crippen molar-refractivity contribution < 1.29 is 22.6 Å². The number of hydrogen-bond acceptors (Lipinski definition) is 6. The lowest BCUT2D eigenvalue weighted by Crippen LogP contribution is -2.37. The Bertz CT molecular complexity index is 845. The molecule has 4 rings (SSSR count). The maximum Gasteiger partial charge on any atom is 0.573 e. The van der Waals surface area contributed by atoms with Crippen molar-refractivity contribution in [3.05, 3.63) is 24.3 Å². The number of nitrogens with zero attached hydrogens (tertiary/aromatic N) is 4. The summed E-state index contributed by atoms with van der Waals surface area (Å²) in [5.74, 6) is 0.583. The molecule has 7 nitrogen and oxygen atoms in total. The molecule has 1 aliphatic heterocycles. The minimum atomic E-state index is -4.83. The third-order valence-electron chi connectivity index (χ3n) is 5.13. The Morgan fingerprint density at radius 1 is 1.21 bits per heavy atom. The van der Waals surface area contributed by atoms with Gasteiger partial charge in [0, 0.05) is 50.1 Å². The van der Waals surface area contributed by atoms with Crippen LogP contribution in [0.4, 0.5) is 19.0 Å². The molecule has 0 spiro atoms. The van der Waals surface area contributed by atoms with E-state index >= 15 is 0 Å². The van der Waals surface area contributed by atoms with Crippen LogP contribution in [0.15, 0.2) is 18.5 Å². The molecule has 2 aromatic heterocycles. The average molecular weight is 411 g/mol. The molecule has 1 aliphatic carbocycles. The second-order valence-electron chi connectivity index (χ2n) is 7.41. The SMILES string of the molecule is Nc1ncc(-c2cn(CCCN3CCOCC3)c(C3CC3)n2)cc1OC(F)(F)F. The van der Waals surface area contributed by atoms with Crippen molar-refractivity contribution in [2.24, 2.45) is 0 Å². The second kappa shape index (κ2) is 8.19. The molecular weight excluding hydrogens is 387 g/mol. The van der Waals surface area contributed by atoms with Crippen molar-refractivity contribution in [1.82, 2.24) is 19.4 Å². The molecule has 2 fully saturated rings. The van der Waals surface area contributed by atoms with Gasteiger partial charge in [-0.3, -0.25) is 4.90 Å². The quantitative estimate of drug-likeness (QED) is 0.755. The van der Waals surface area contributed by atoms with Gasteiger partial charge in [0.25, 0.3) is 0 Å². The largest absolute Gasteiger partial charge is 0.573 e. The van der Waals surface area contributed by atoms with E-state index in [4.69, 9.17) is 10.5 Å². The number of morpholine rings is 1. The van der Waals surface area contributed by atoms with Gasteiger partial charge in [-0.1, -0.05) is 0 Å². The summed E-state index contributed by atoms with van der Waals surface area (Å²) in [6.07, 6.45) is 1.63. The second-order valence-corrected chi connectivity index (χ2v) is 7.41. The molecule has 0 aromatic carbocycles. The summed E-state index contributed by atoms with van der Waals surface area (Å²) < 4.78 is 49.3. The smallest absolute Gasteiger partial charge is 0.402 e. The lowest BCUT2D eigenvalue weighted by atomic mass is 10.2. The summed E-state index contributed by atoms with van der Waals surface area (Å²) in [5.41, 5.74) is 6.56. The van der Waals surface area contributed by atoms with E-state index in [0.717, 1.165) is 64.5 Å². The number of imidazole rings is 1. The fraction of sp³-hybridized carbons (Fsp3) is 0.579. The minimum absolute atomic E-state index is 0.307. The maximum atomic E-state index is 12.6. The molecule has 2 aromatic rings. The highest BCUT2D eigenvalue weighted by Gasteiger charge is 2.33. The molecule has 0 radical (unpaired) electrons. The number of anilines is 1. The van der Waals surface area contributed by atoms with Crippen molar-refractivity contribution in [1.29, 1.82) is 0 Å². The lowest BCUT2D eigenvalue weighted by Gasteiger charge is -2.26. The van der Waals surface area contributed by atoms with E-state index in [0.29, 0.717) is 17.2 Å². The summed E-state index contributed by atoms with van der Waals surface area (Å²) in [5, 5.41) is 0. The van der Waals surface area contributed by atoms with Crippen LogP contribution >= 0.6 is 0 Å². The topological polar surface area (TPSA) is 78.4 Å². The predicted molar refractivity (Wildman–Crippen MR) is 100 cm³/mol. The van der Waals surface area contributed by atoms with Crippen molar-refractivity contribution in [3.8, 4) is 17.0 Å². The number of rotatable bonds is 7. The Labute approximate surface area is 166 Å². The zero-order valence-corrected chi connectivity index (χ0v) is 16.0. The van der Waals surface area contributed by atoms with E-state index in [2.05, 4.69) is 24.2 Å². The standard InChI is InChI=1S/C19H24F3N5O2/c20-19(21,22)29-16-10-14(11-24-17(16)23)15-12-27(18(25-15)13-2-3-13)5-1-4-26-6-8-28-9-7-26/h10-13H,1-9H2,(H2,23,24). The van der Waals surface area contributed by atoms with Crippen LogP contribution in [0.25, 0.3) is 11.3 Å². The van der Waals surface area contributed by atoms with E-state index < -0.39 is 12.1 Å². The zero-order valence-electron chi connectivity index (χ0n) is 16.0. The van der Waals surface area contributed by atoms with Gasteiger partial charge in [-0.2, -0.15) is 0 Å². The summed E-state index contributed by atoms with van der Waals surface area (Å²) in [6, 6.07) is 1.24. The van der Waals surface area contributed by atoms with Gasteiger partial charge < -0.3 is 19.8 Å².